The third kappa shape index (κ3) is 3.78. The zero-order valence-electron chi connectivity index (χ0n) is 7.00. The first-order chi connectivity index (χ1) is 5.26. The summed E-state index contributed by atoms with van der Waals surface area (Å²) in [4.78, 5) is 10.9. The maximum atomic E-state index is 10.9. The van der Waals surface area contributed by atoms with Crippen LogP contribution in [0.15, 0.2) is 12.7 Å². The second-order valence-corrected chi connectivity index (χ2v) is 2.04. The van der Waals surface area contributed by atoms with Gasteiger partial charge in [-0.2, -0.15) is 0 Å². The number of ether oxygens (including phenoxy) is 2. The van der Waals surface area contributed by atoms with Gasteiger partial charge in [-0.25, -0.2) is 4.79 Å². The van der Waals surface area contributed by atoms with Crippen molar-refractivity contribution in [2.24, 2.45) is 0 Å². The van der Waals surface area contributed by atoms with E-state index in [4.69, 9.17) is 4.74 Å². The van der Waals surface area contributed by atoms with Crippen LogP contribution in [0.2, 0.25) is 0 Å². The molecular formula is C8H14O3. The summed E-state index contributed by atoms with van der Waals surface area (Å²) in [7, 11) is 1.35. The van der Waals surface area contributed by atoms with Crippen molar-refractivity contribution >= 4 is 5.97 Å². The highest BCUT2D eigenvalue weighted by Gasteiger charge is 2.15. The lowest BCUT2D eigenvalue weighted by atomic mass is 10.3. The number of carbonyl (C=O) groups excluding carboxylic acids is 1. The van der Waals surface area contributed by atoms with Gasteiger partial charge < -0.3 is 9.47 Å². The first-order valence-corrected chi connectivity index (χ1v) is 3.56. The lowest BCUT2D eigenvalue weighted by Crippen LogP contribution is -2.24. The number of methoxy groups -OCH3 is 1. The van der Waals surface area contributed by atoms with Crippen molar-refractivity contribution in [3.05, 3.63) is 12.7 Å². The molecule has 3 heteroatoms. The SMILES string of the molecule is C=CCOC(CC)C(=O)OC. The Hall–Kier alpha value is -0.830. The summed E-state index contributed by atoms with van der Waals surface area (Å²) in [5.41, 5.74) is 0. The zero-order chi connectivity index (χ0) is 8.69. The summed E-state index contributed by atoms with van der Waals surface area (Å²) >= 11 is 0. The number of hydrogen-bond donors (Lipinski definition) is 0. The Morgan fingerprint density at radius 2 is 2.36 bits per heavy atom. The average Bonchev–Trinajstić information content (AvgIpc) is 2.05. The second kappa shape index (κ2) is 5.92. The van der Waals surface area contributed by atoms with Crippen LogP contribution in [0.5, 0.6) is 0 Å². The van der Waals surface area contributed by atoms with E-state index in [2.05, 4.69) is 11.3 Å². The summed E-state index contributed by atoms with van der Waals surface area (Å²) in [6, 6.07) is 0. The van der Waals surface area contributed by atoms with E-state index in [9.17, 15) is 4.79 Å². The van der Waals surface area contributed by atoms with Crippen LogP contribution in [0.1, 0.15) is 13.3 Å². The number of hydrogen-bond acceptors (Lipinski definition) is 3. The highest BCUT2D eigenvalue weighted by molar-refractivity contribution is 5.74. The van der Waals surface area contributed by atoms with Gasteiger partial charge in [0.05, 0.1) is 13.7 Å². The van der Waals surface area contributed by atoms with Gasteiger partial charge in [-0.15, -0.1) is 6.58 Å². The summed E-state index contributed by atoms with van der Waals surface area (Å²) in [5, 5.41) is 0. The van der Waals surface area contributed by atoms with Gasteiger partial charge in [0.1, 0.15) is 0 Å². The standard InChI is InChI=1S/C8H14O3/c1-4-6-11-7(5-2)8(9)10-3/h4,7H,1,5-6H2,2-3H3. The molecule has 0 heterocycles. The van der Waals surface area contributed by atoms with Crippen molar-refractivity contribution in [2.45, 2.75) is 19.4 Å². The Labute approximate surface area is 67.0 Å². The van der Waals surface area contributed by atoms with Crippen LogP contribution >= 0.6 is 0 Å². The first-order valence-electron chi connectivity index (χ1n) is 3.56. The third-order valence-electron chi connectivity index (χ3n) is 1.25. The summed E-state index contributed by atoms with van der Waals surface area (Å²) in [6.45, 7) is 5.72. The van der Waals surface area contributed by atoms with E-state index in [1.165, 1.54) is 7.11 Å². The Morgan fingerprint density at radius 3 is 2.73 bits per heavy atom. The molecule has 0 rings (SSSR count). The summed E-state index contributed by atoms with van der Waals surface area (Å²) in [5.74, 6) is -0.325. The van der Waals surface area contributed by atoms with Gasteiger partial charge in [0.2, 0.25) is 0 Å². The van der Waals surface area contributed by atoms with Crippen molar-refractivity contribution in [2.75, 3.05) is 13.7 Å². The molecule has 64 valence electrons. The van der Waals surface area contributed by atoms with Crippen molar-refractivity contribution < 1.29 is 14.3 Å². The Balaban J connectivity index is 3.74. The van der Waals surface area contributed by atoms with Crippen LogP contribution in [0.25, 0.3) is 0 Å². The molecule has 0 bridgehead atoms. The molecule has 0 aliphatic carbocycles. The van der Waals surface area contributed by atoms with Crippen LogP contribution in [-0.4, -0.2) is 25.8 Å². The van der Waals surface area contributed by atoms with Crippen LogP contribution in [0, 0.1) is 0 Å². The Bertz CT molecular complexity index is 131. The number of esters is 1. The van der Waals surface area contributed by atoms with Gasteiger partial charge in [-0.1, -0.05) is 13.0 Å². The van der Waals surface area contributed by atoms with Crippen LogP contribution in [0.3, 0.4) is 0 Å². The zero-order valence-corrected chi connectivity index (χ0v) is 7.00. The molecule has 0 N–H and O–H groups in total. The molecule has 0 saturated heterocycles. The summed E-state index contributed by atoms with van der Waals surface area (Å²) in [6.07, 6.45) is 1.78. The lowest BCUT2D eigenvalue weighted by molar-refractivity contribution is -0.153. The second-order valence-electron chi connectivity index (χ2n) is 2.04. The lowest BCUT2D eigenvalue weighted by Gasteiger charge is -2.11. The quantitative estimate of drug-likeness (QED) is 0.444. The third-order valence-corrected chi connectivity index (χ3v) is 1.25. The smallest absolute Gasteiger partial charge is 0.334 e. The summed E-state index contributed by atoms with van der Waals surface area (Å²) < 4.78 is 9.60. The first kappa shape index (κ1) is 10.2. The molecule has 0 fully saturated rings. The fourth-order valence-electron chi connectivity index (χ4n) is 0.668. The molecule has 0 radical (unpaired) electrons. The predicted octanol–water partition coefficient (Wildman–Crippen LogP) is 1.14. The van der Waals surface area contributed by atoms with Gasteiger partial charge in [-0.3, -0.25) is 0 Å². The fraction of sp³-hybridized carbons (Fsp3) is 0.625. The van der Waals surface area contributed by atoms with Gasteiger partial charge in [0, 0.05) is 0 Å². The highest BCUT2D eigenvalue weighted by atomic mass is 16.6. The predicted molar refractivity (Wildman–Crippen MR) is 42.2 cm³/mol. The minimum atomic E-state index is -0.446. The monoisotopic (exact) mass is 158 g/mol. The number of rotatable bonds is 5. The Kier molecular flexibility index (Phi) is 5.47. The van der Waals surface area contributed by atoms with Crippen molar-refractivity contribution in [1.29, 1.82) is 0 Å². The molecule has 11 heavy (non-hydrogen) atoms. The van der Waals surface area contributed by atoms with E-state index in [0.717, 1.165) is 0 Å². The van der Waals surface area contributed by atoms with E-state index in [1.54, 1.807) is 6.08 Å². The van der Waals surface area contributed by atoms with Crippen molar-refractivity contribution in [3.63, 3.8) is 0 Å². The minimum absolute atomic E-state index is 0.325. The van der Waals surface area contributed by atoms with Gasteiger partial charge >= 0.3 is 5.97 Å². The highest BCUT2D eigenvalue weighted by Crippen LogP contribution is 1.99. The van der Waals surface area contributed by atoms with Crippen LogP contribution in [-0.2, 0) is 14.3 Å². The van der Waals surface area contributed by atoms with Crippen LogP contribution in [0.4, 0.5) is 0 Å². The van der Waals surface area contributed by atoms with Crippen LogP contribution < -0.4 is 0 Å². The van der Waals surface area contributed by atoms with Crippen molar-refractivity contribution in [3.8, 4) is 0 Å². The maximum absolute atomic E-state index is 10.9. The van der Waals surface area contributed by atoms with Crippen molar-refractivity contribution in [1.82, 2.24) is 0 Å². The molecule has 0 saturated carbocycles. The van der Waals surface area contributed by atoms with E-state index < -0.39 is 6.10 Å². The fourth-order valence-corrected chi connectivity index (χ4v) is 0.668. The molecule has 0 spiro atoms. The minimum Gasteiger partial charge on any atom is -0.467 e. The molecule has 0 aliphatic heterocycles. The molecule has 0 amide bonds. The molecule has 0 aliphatic rings. The van der Waals surface area contributed by atoms with E-state index in [1.807, 2.05) is 6.92 Å². The molecule has 1 unspecified atom stereocenters. The van der Waals surface area contributed by atoms with Gasteiger partial charge in [0.25, 0.3) is 0 Å². The molecule has 0 aromatic carbocycles. The van der Waals surface area contributed by atoms with E-state index in [-0.39, 0.29) is 5.97 Å². The molecule has 1 atom stereocenters. The van der Waals surface area contributed by atoms with Gasteiger partial charge in [0.15, 0.2) is 6.10 Å². The number of carbonyl (C=O) groups is 1. The van der Waals surface area contributed by atoms with E-state index in [0.29, 0.717) is 13.0 Å². The Morgan fingerprint density at radius 1 is 1.73 bits per heavy atom. The van der Waals surface area contributed by atoms with E-state index >= 15 is 0 Å². The molecule has 0 aromatic rings. The largest absolute Gasteiger partial charge is 0.467 e. The normalized spacial score (nSPS) is 12.2. The molecule has 3 nitrogen and oxygen atoms in total. The van der Waals surface area contributed by atoms with Gasteiger partial charge in [-0.05, 0) is 6.42 Å². The maximum Gasteiger partial charge on any atom is 0.334 e. The average molecular weight is 158 g/mol. The molecule has 0 aromatic heterocycles. The topological polar surface area (TPSA) is 35.5 Å². The molecular weight excluding hydrogens is 144 g/mol.